The van der Waals surface area contributed by atoms with Gasteiger partial charge in [0.15, 0.2) is 0 Å². The Kier molecular flexibility index (Phi) is 6.23. The average molecular weight is 344 g/mol. The van der Waals surface area contributed by atoms with Crippen molar-refractivity contribution in [1.82, 2.24) is 9.80 Å². The molecule has 2 aromatic rings. The number of carbonyl (C=O) groups is 1. The summed E-state index contributed by atoms with van der Waals surface area (Å²) in [6.07, 6.45) is 4.71. The van der Waals surface area contributed by atoms with Gasteiger partial charge in [-0.1, -0.05) is 12.1 Å². The van der Waals surface area contributed by atoms with Gasteiger partial charge in [0.2, 0.25) is 5.91 Å². The second-order valence-corrected chi connectivity index (χ2v) is 6.54. The average Bonchev–Trinajstić information content (AvgIpc) is 3.14. The van der Waals surface area contributed by atoms with Crippen molar-refractivity contribution in [2.45, 2.75) is 25.7 Å². The highest BCUT2D eigenvalue weighted by atomic mass is 19.1. The lowest BCUT2D eigenvalue weighted by molar-refractivity contribution is -0.133. The van der Waals surface area contributed by atoms with E-state index in [0.29, 0.717) is 12.8 Å². The van der Waals surface area contributed by atoms with Crippen LogP contribution >= 0.6 is 0 Å². The summed E-state index contributed by atoms with van der Waals surface area (Å²) in [5.74, 6) is 0.902. The number of hydrogen-bond donors (Lipinski definition) is 0. The number of aryl methyl sites for hydroxylation is 2. The van der Waals surface area contributed by atoms with Crippen LogP contribution in [0.25, 0.3) is 0 Å². The van der Waals surface area contributed by atoms with E-state index in [-0.39, 0.29) is 11.7 Å². The molecular weight excluding hydrogens is 319 g/mol. The van der Waals surface area contributed by atoms with Crippen LogP contribution in [0.3, 0.4) is 0 Å². The Bertz CT molecular complexity index is 664. The van der Waals surface area contributed by atoms with Gasteiger partial charge in [-0.2, -0.15) is 0 Å². The molecule has 25 heavy (non-hydrogen) atoms. The minimum absolute atomic E-state index is 0.167. The first-order valence-electron chi connectivity index (χ1n) is 8.98. The summed E-state index contributed by atoms with van der Waals surface area (Å²) in [6.45, 7) is 4.39. The third-order valence-electron chi connectivity index (χ3n) is 4.72. The van der Waals surface area contributed by atoms with Crippen LogP contribution in [0.5, 0.6) is 0 Å². The number of piperazine rings is 1. The largest absolute Gasteiger partial charge is 0.469 e. The first-order chi connectivity index (χ1) is 12.2. The smallest absolute Gasteiger partial charge is 0.223 e. The molecule has 1 amide bonds. The molecule has 0 unspecified atom stereocenters. The maximum absolute atomic E-state index is 13.2. The Morgan fingerprint density at radius 1 is 1.08 bits per heavy atom. The van der Waals surface area contributed by atoms with Gasteiger partial charge in [0.25, 0.3) is 0 Å². The zero-order valence-corrected chi connectivity index (χ0v) is 14.5. The van der Waals surface area contributed by atoms with Gasteiger partial charge >= 0.3 is 0 Å². The molecule has 1 fully saturated rings. The fraction of sp³-hybridized carbons (Fsp3) is 0.450. The highest BCUT2D eigenvalue weighted by Gasteiger charge is 2.20. The highest BCUT2D eigenvalue weighted by Crippen LogP contribution is 2.10. The van der Waals surface area contributed by atoms with Crippen molar-refractivity contribution in [3.05, 3.63) is 59.8 Å². The van der Waals surface area contributed by atoms with Gasteiger partial charge in [-0.25, -0.2) is 4.39 Å². The van der Waals surface area contributed by atoms with Gasteiger partial charge < -0.3 is 9.32 Å². The molecular formula is C20H25FN2O2. The molecule has 1 aromatic heterocycles. The van der Waals surface area contributed by atoms with E-state index in [0.717, 1.165) is 56.9 Å². The molecule has 0 N–H and O–H groups in total. The summed E-state index contributed by atoms with van der Waals surface area (Å²) in [4.78, 5) is 16.6. The lowest BCUT2D eigenvalue weighted by atomic mass is 10.1. The number of amides is 1. The van der Waals surface area contributed by atoms with Crippen molar-refractivity contribution in [2.24, 2.45) is 0 Å². The molecule has 0 radical (unpaired) electrons. The summed E-state index contributed by atoms with van der Waals surface area (Å²) in [6, 6.07) is 10.6. The fourth-order valence-corrected chi connectivity index (χ4v) is 3.26. The minimum atomic E-state index is -0.167. The lowest BCUT2D eigenvalue weighted by Gasteiger charge is -2.34. The van der Waals surface area contributed by atoms with Crippen molar-refractivity contribution in [1.29, 1.82) is 0 Å². The summed E-state index contributed by atoms with van der Waals surface area (Å²) >= 11 is 0. The van der Waals surface area contributed by atoms with Crippen LogP contribution in [0.4, 0.5) is 4.39 Å². The van der Waals surface area contributed by atoms with Crippen LogP contribution in [-0.4, -0.2) is 48.4 Å². The summed E-state index contributed by atoms with van der Waals surface area (Å²) < 4.78 is 18.4. The van der Waals surface area contributed by atoms with Crippen LogP contribution in [0.15, 0.2) is 47.1 Å². The van der Waals surface area contributed by atoms with E-state index in [1.165, 1.54) is 6.07 Å². The third kappa shape index (κ3) is 5.43. The van der Waals surface area contributed by atoms with Gasteiger partial charge in [-0.15, -0.1) is 0 Å². The topological polar surface area (TPSA) is 36.7 Å². The molecule has 0 spiro atoms. The second-order valence-electron chi connectivity index (χ2n) is 6.54. The first kappa shape index (κ1) is 17.7. The van der Waals surface area contributed by atoms with Crippen molar-refractivity contribution >= 4 is 5.91 Å². The van der Waals surface area contributed by atoms with Crippen LogP contribution in [0.1, 0.15) is 24.2 Å². The standard InChI is InChI=1S/C20H25FN2O2/c21-18-6-1-4-17(16-18)5-2-10-22-11-13-23(14-12-22)20(24)9-8-19-7-3-15-25-19/h1,3-4,6-7,15-16H,2,5,8-14H2. The highest BCUT2D eigenvalue weighted by molar-refractivity contribution is 5.76. The number of furan rings is 1. The third-order valence-corrected chi connectivity index (χ3v) is 4.72. The van der Waals surface area contributed by atoms with Crippen LogP contribution in [0, 0.1) is 5.82 Å². The molecule has 1 saturated heterocycles. The Balaban J connectivity index is 1.33. The molecule has 4 nitrogen and oxygen atoms in total. The van der Waals surface area contributed by atoms with Gasteiger partial charge in [0, 0.05) is 39.0 Å². The fourth-order valence-electron chi connectivity index (χ4n) is 3.26. The molecule has 2 heterocycles. The van der Waals surface area contributed by atoms with E-state index in [4.69, 9.17) is 4.42 Å². The van der Waals surface area contributed by atoms with E-state index in [9.17, 15) is 9.18 Å². The van der Waals surface area contributed by atoms with Crippen LogP contribution < -0.4 is 0 Å². The summed E-state index contributed by atoms with van der Waals surface area (Å²) in [5.41, 5.74) is 1.05. The molecule has 1 aromatic carbocycles. The Morgan fingerprint density at radius 3 is 2.64 bits per heavy atom. The molecule has 0 saturated carbocycles. The Labute approximate surface area is 148 Å². The molecule has 0 atom stereocenters. The number of hydrogen-bond acceptors (Lipinski definition) is 3. The number of rotatable bonds is 7. The Hall–Kier alpha value is -2.14. The van der Waals surface area contributed by atoms with E-state index < -0.39 is 0 Å². The SMILES string of the molecule is O=C(CCc1ccco1)N1CCN(CCCc2cccc(F)c2)CC1. The Morgan fingerprint density at radius 2 is 1.92 bits per heavy atom. The van der Waals surface area contributed by atoms with Crippen molar-refractivity contribution in [2.75, 3.05) is 32.7 Å². The molecule has 0 aliphatic carbocycles. The van der Waals surface area contributed by atoms with Crippen molar-refractivity contribution in [3.8, 4) is 0 Å². The predicted molar refractivity (Wildman–Crippen MR) is 94.8 cm³/mol. The number of carbonyl (C=O) groups excluding carboxylic acids is 1. The normalized spacial score (nSPS) is 15.5. The molecule has 0 bridgehead atoms. The van der Waals surface area contributed by atoms with Gasteiger partial charge in [-0.3, -0.25) is 9.69 Å². The molecule has 3 rings (SSSR count). The molecule has 1 aliphatic rings. The monoisotopic (exact) mass is 344 g/mol. The van der Waals surface area contributed by atoms with E-state index in [1.807, 2.05) is 23.1 Å². The maximum Gasteiger partial charge on any atom is 0.223 e. The van der Waals surface area contributed by atoms with Crippen molar-refractivity contribution in [3.63, 3.8) is 0 Å². The number of benzene rings is 1. The lowest BCUT2D eigenvalue weighted by Crippen LogP contribution is -2.48. The summed E-state index contributed by atoms with van der Waals surface area (Å²) in [5, 5.41) is 0. The van der Waals surface area contributed by atoms with Gasteiger partial charge in [0.05, 0.1) is 6.26 Å². The second kappa shape index (κ2) is 8.81. The molecule has 5 heteroatoms. The molecule has 1 aliphatic heterocycles. The zero-order valence-electron chi connectivity index (χ0n) is 14.5. The maximum atomic E-state index is 13.2. The minimum Gasteiger partial charge on any atom is -0.469 e. The van der Waals surface area contributed by atoms with E-state index >= 15 is 0 Å². The van der Waals surface area contributed by atoms with E-state index in [2.05, 4.69) is 4.90 Å². The number of nitrogens with zero attached hydrogens (tertiary/aromatic N) is 2. The van der Waals surface area contributed by atoms with Gasteiger partial charge in [-0.05, 0) is 49.2 Å². The number of halogens is 1. The predicted octanol–water partition coefficient (Wildman–Crippen LogP) is 3.13. The summed E-state index contributed by atoms with van der Waals surface area (Å²) in [7, 11) is 0. The van der Waals surface area contributed by atoms with E-state index in [1.54, 1.807) is 18.4 Å². The zero-order chi connectivity index (χ0) is 17.5. The van der Waals surface area contributed by atoms with Crippen LogP contribution in [0.2, 0.25) is 0 Å². The van der Waals surface area contributed by atoms with Crippen LogP contribution in [-0.2, 0) is 17.6 Å². The molecule has 134 valence electrons. The quantitative estimate of drug-likeness (QED) is 0.774. The van der Waals surface area contributed by atoms with Crippen molar-refractivity contribution < 1.29 is 13.6 Å². The van der Waals surface area contributed by atoms with Gasteiger partial charge in [0.1, 0.15) is 11.6 Å². The first-order valence-corrected chi connectivity index (χ1v) is 8.98.